The fraction of sp³-hybridized carbons (Fsp3) is 0.389. The molecule has 0 spiro atoms. The van der Waals surface area contributed by atoms with Crippen molar-refractivity contribution in [1.82, 2.24) is 10.2 Å². The number of methoxy groups -OCH3 is 2. The number of hydrogen-bond acceptors (Lipinski definition) is 6. The highest BCUT2D eigenvalue weighted by Gasteiger charge is 2.33. The van der Waals surface area contributed by atoms with Gasteiger partial charge in [0.05, 0.1) is 24.3 Å². The predicted molar refractivity (Wildman–Crippen MR) is 105 cm³/mol. The quantitative estimate of drug-likeness (QED) is 0.770. The van der Waals surface area contributed by atoms with Crippen LogP contribution >= 0.6 is 27.3 Å². The Morgan fingerprint density at radius 2 is 2.08 bits per heavy atom. The number of carbonyl (C=O) groups excluding carboxylic acids is 1. The first-order valence-corrected chi connectivity index (χ1v) is 9.94. The molecule has 1 aromatic heterocycles. The van der Waals surface area contributed by atoms with Crippen molar-refractivity contribution >= 4 is 38.2 Å². The van der Waals surface area contributed by atoms with Crippen LogP contribution < -0.4 is 20.1 Å². The molecule has 0 fully saturated rings. The molecule has 0 unspecified atom stereocenters. The molecule has 8 heteroatoms. The standard InChI is InChI=1S/C18H20BrN3O3S/c1-22-5-4-10-13(8-22)26-18-14(10)17(23)20-16(21-18)9-6-11(19)15(25-3)12(7-9)24-2/h6-7,16,21H,4-5,8H2,1-3H3,(H,20,23)/t16-/m0/s1. The molecule has 1 aromatic carbocycles. The summed E-state index contributed by atoms with van der Waals surface area (Å²) in [7, 11) is 5.31. The summed E-state index contributed by atoms with van der Waals surface area (Å²) in [6, 6.07) is 3.82. The highest BCUT2D eigenvalue weighted by Crippen LogP contribution is 2.42. The van der Waals surface area contributed by atoms with E-state index in [0.29, 0.717) is 11.5 Å². The number of halogens is 1. The molecule has 1 atom stereocenters. The fourth-order valence-corrected chi connectivity index (χ4v) is 5.49. The van der Waals surface area contributed by atoms with Gasteiger partial charge in [-0.15, -0.1) is 11.3 Å². The molecule has 2 aliphatic heterocycles. The molecule has 0 radical (unpaired) electrons. The molecule has 2 aromatic rings. The number of ether oxygens (including phenoxy) is 2. The minimum atomic E-state index is -0.316. The van der Waals surface area contributed by atoms with Gasteiger partial charge in [0, 0.05) is 18.0 Å². The van der Waals surface area contributed by atoms with Gasteiger partial charge >= 0.3 is 0 Å². The third-order valence-corrected chi connectivity index (χ3v) is 6.55. The van der Waals surface area contributed by atoms with Crippen LogP contribution in [0.25, 0.3) is 0 Å². The van der Waals surface area contributed by atoms with Crippen LogP contribution in [0.5, 0.6) is 11.5 Å². The van der Waals surface area contributed by atoms with E-state index >= 15 is 0 Å². The van der Waals surface area contributed by atoms with Crippen molar-refractivity contribution in [3.63, 3.8) is 0 Å². The van der Waals surface area contributed by atoms with E-state index in [2.05, 4.69) is 38.5 Å². The van der Waals surface area contributed by atoms with Gasteiger partial charge in [0.25, 0.3) is 5.91 Å². The molecule has 2 aliphatic rings. The number of anilines is 1. The van der Waals surface area contributed by atoms with Crippen molar-refractivity contribution in [2.75, 3.05) is 33.1 Å². The summed E-state index contributed by atoms with van der Waals surface area (Å²) in [6.45, 7) is 1.88. The lowest BCUT2D eigenvalue weighted by atomic mass is 10.0. The molecule has 0 bridgehead atoms. The number of likely N-dealkylation sites (N-methyl/N-ethyl adjacent to an activating group) is 1. The number of nitrogens with one attached hydrogen (secondary N) is 2. The van der Waals surface area contributed by atoms with Crippen LogP contribution in [0, 0.1) is 0 Å². The Labute approximate surface area is 164 Å². The van der Waals surface area contributed by atoms with Crippen molar-refractivity contribution < 1.29 is 14.3 Å². The molecule has 1 amide bonds. The van der Waals surface area contributed by atoms with E-state index in [1.54, 1.807) is 25.6 Å². The lowest BCUT2D eigenvalue weighted by molar-refractivity contribution is 0.0934. The summed E-state index contributed by atoms with van der Waals surface area (Å²) in [5.74, 6) is 1.23. The van der Waals surface area contributed by atoms with Crippen LogP contribution in [0.4, 0.5) is 5.00 Å². The maximum absolute atomic E-state index is 12.8. The zero-order valence-corrected chi connectivity index (χ0v) is 17.2. The first-order valence-electron chi connectivity index (χ1n) is 8.33. The van der Waals surface area contributed by atoms with Crippen molar-refractivity contribution in [2.24, 2.45) is 0 Å². The van der Waals surface area contributed by atoms with Gasteiger partial charge in [-0.05, 0) is 52.7 Å². The zero-order chi connectivity index (χ0) is 18.4. The molecule has 6 nitrogen and oxygen atoms in total. The minimum absolute atomic E-state index is 0.0169. The van der Waals surface area contributed by atoms with Gasteiger partial charge in [0.2, 0.25) is 0 Å². The molecule has 0 aliphatic carbocycles. The summed E-state index contributed by atoms with van der Waals surface area (Å²) < 4.78 is 11.6. The van der Waals surface area contributed by atoms with Crippen LogP contribution in [0.3, 0.4) is 0 Å². The molecule has 3 heterocycles. The van der Waals surface area contributed by atoms with Crippen LogP contribution in [-0.4, -0.2) is 38.6 Å². The molecular formula is C18H20BrN3O3S. The average Bonchev–Trinajstić information content (AvgIpc) is 2.98. The zero-order valence-electron chi connectivity index (χ0n) is 14.8. The maximum atomic E-state index is 12.8. The molecule has 0 saturated heterocycles. The number of rotatable bonds is 3. The van der Waals surface area contributed by atoms with Crippen LogP contribution in [0.15, 0.2) is 16.6 Å². The minimum Gasteiger partial charge on any atom is -0.493 e. The number of carbonyl (C=O) groups is 1. The van der Waals surface area contributed by atoms with E-state index in [0.717, 1.165) is 40.1 Å². The van der Waals surface area contributed by atoms with Crippen molar-refractivity contribution in [2.45, 2.75) is 19.1 Å². The summed E-state index contributed by atoms with van der Waals surface area (Å²) >= 11 is 5.20. The second kappa shape index (κ2) is 6.75. The summed E-state index contributed by atoms with van der Waals surface area (Å²) in [4.78, 5) is 16.4. The Morgan fingerprint density at radius 1 is 1.27 bits per heavy atom. The number of benzene rings is 1. The molecule has 2 N–H and O–H groups in total. The van der Waals surface area contributed by atoms with Crippen molar-refractivity contribution in [1.29, 1.82) is 0 Å². The first kappa shape index (κ1) is 17.6. The van der Waals surface area contributed by atoms with Crippen molar-refractivity contribution in [3.8, 4) is 11.5 Å². The smallest absolute Gasteiger partial charge is 0.256 e. The summed E-state index contributed by atoms with van der Waals surface area (Å²) in [5, 5.41) is 7.51. The molecule has 138 valence electrons. The van der Waals surface area contributed by atoms with Gasteiger partial charge in [-0.25, -0.2) is 0 Å². The lowest BCUT2D eigenvalue weighted by Crippen LogP contribution is -2.38. The largest absolute Gasteiger partial charge is 0.493 e. The fourth-order valence-electron chi connectivity index (χ4n) is 3.51. The van der Waals surface area contributed by atoms with Crippen molar-refractivity contribution in [3.05, 3.63) is 38.2 Å². The van der Waals surface area contributed by atoms with E-state index in [9.17, 15) is 4.79 Å². The normalized spacial score (nSPS) is 19.2. The van der Waals surface area contributed by atoms with Crippen LogP contribution in [-0.2, 0) is 13.0 Å². The summed E-state index contributed by atoms with van der Waals surface area (Å²) in [5.41, 5.74) is 2.91. The Kier molecular flexibility index (Phi) is 4.58. The van der Waals surface area contributed by atoms with E-state index in [1.807, 2.05) is 12.1 Å². The highest BCUT2D eigenvalue weighted by atomic mass is 79.9. The van der Waals surface area contributed by atoms with Gasteiger partial charge < -0.3 is 25.0 Å². The SMILES string of the molecule is COc1cc([C@H]2NC(=O)c3c(sc4c3CCN(C)C4)N2)cc(Br)c1OC. The Bertz CT molecular complexity index is 883. The number of hydrogen-bond donors (Lipinski definition) is 2. The third-order valence-electron chi connectivity index (χ3n) is 4.81. The van der Waals surface area contributed by atoms with E-state index in [1.165, 1.54) is 10.4 Å². The molecule has 4 rings (SSSR count). The lowest BCUT2D eigenvalue weighted by Gasteiger charge is -2.28. The predicted octanol–water partition coefficient (Wildman–Crippen LogP) is 3.37. The van der Waals surface area contributed by atoms with Crippen LogP contribution in [0.2, 0.25) is 0 Å². The monoisotopic (exact) mass is 437 g/mol. The van der Waals surface area contributed by atoms with Gasteiger partial charge in [0.1, 0.15) is 11.2 Å². The number of fused-ring (bicyclic) bond motifs is 3. The van der Waals surface area contributed by atoms with Gasteiger partial charge in [-0.3, -0.25) is 4.79 Å². The number of amides is 1. The highest BCUT2D eigenvalue weighted by molar-refractivity contribution is 9.10. The maximum Gasteiger partial charge on any atom is 0.256 e. The molecule has 0 saturated carbocycles. The molecule has 26 heavy (non-hydrogen) atoms. The van der Waals surface area contributed by atoms with Gasteiger partial charge in [-0.1, -0.05) is 0 Å². The first-order chi connectivity index (χ1) is 12.5. The number of nitrogens with zero attached hydrogens (tertiary/aromatic N) is 1. The summed E-state index contributed by atoms with van der Waals surface area (Å²) in [6.07, 6.45) is 0.600. The Morgan fingerprint density at radius 3 is 2.81 bits per heavy atom. The topological polar surface area (TPSA) is 62.8 Å². The van der Waals surface area contributed by atoms with E-state index in [-0.39, 0.29) is 12.1 Å². The third kappa shape index (κ3) is 2.86. The van der Waals surface area contributed by atoms with E-state index in [4.69, 9.17) is 9.47 Å². The van der Waals surface area contributed by atoms with Crippen LogP contribution in [0.1, 0.15) is 32.5 Å². The Balaban J connectivity index is 1.70. The van der Waals surface area contributed by atoms with E-state index < -0.39 is 0 Å². The second-order valence-electron chi connectivity index (χ2n) is 6.48. The number of thiophene rings is 1. The van der Waals surface area contributed by atoms with Gasteiger partial charge in [0.15, 0.2) is 11.5 Å². The average molecular weight is 438 g/mol. The van der Waals surface area contributed by atoms with Gasteiger partial charge in [-0.2, -0.15) is 0 Å². The Hall–Kier alpha value is -1.77. The molecular weight excluding hydrogens is 418 g/mol. The second-order valence-corrected chi connectivity index (χ2v) is 8.44.